The maximum absolute atomic E-state index is 12.0. The Kier molecular flexibility index (Phi) is 6.84. The number of hydrogen-bond acceptors (Lipinski definition) is 3. The second-order valence-electron chi connectivity index (χ2n) is 5.44. The van der Waals surface area contributed by atoms with Crippen molar-refractivity contribution in [3.8, 4) is 5.75 Å². The van der Waals surface area contributed by atoms with Gasteiger partial charge in [0, 0.05) is 15.2 Å². The predicted octanol–water partition coefficient (Wildman–Crippen LogP) is 3.93. The summed E-state index contributed by atoms with van der Waals surface area (Å²) in [6.45, 7) is 3.37. The van der Waals surface area contributed by atoms with E-state index in [4.69, 9.17) is 16.3 Å². The molecule has 2 amide bonds. The van der Waals surface area contributed by atoms with Crippen molar-refractivity contribution in [1.29, 1.82) is 0 Å². The molecule has 0 saturated heterocycles. The molecular formula is C18H18BrClN2O3. The third kappa shape index (κ3) is 6.07. The maximum Gasteiger partial charge on any atom is 0.261 e. The van der Waals surface area contributed by atoms with Gasteiger partial charge in [0.05, 0.1) is 6.54 Å². The van der Waals surface area contributed by atoms with E-state index in [1.54, 1.807) is 37.3 Å². The van der Waals surface area contributed by atoms with Crippen molar-refractivity contribution in [3.63, 3.8) is 0 Å². The molecule has 5 nitrogen and oxygen atoms in total. The minimum Gasteiger partial charge on any atom is -0.481 e. The van der Waals surface area contributed by atoms with E-state index in [1.807, 2.05) is 19.1 Å². The summed E-state index contributed by atoms with van der Waals surface area (Å²) >= 11 is 9.17. The van der Waals surface area contributed by atoms with Crippen LogP contribution in [0.25, 0.3) is 0 Å². The molecule has 0 saturated carbocycles. The van der Waals surface area contributed by atoms with Gasteiger partial charge in [0.25, 0.3) is 5.91 Å². The summed E-state index contributed by atoms with van der Waals surface area (Å²) in [6.07, 6.45) is -0.733. The van der Waals surface area contributed by atoms with E-state index < -0.39 is 6.10 Å². The van der Waals surface area contributed by atoms with E-state index in [9.17, 15) is 9.59 Å². The number of hydrogen-bond donors (Lipinski definition) is 2. The Bertz CT molecular complexity index is 765. The van der Waals surface area contributed by atoms with E-state index in [1.165, 1.54) is 0 Å². The molecule has 0 aliphatic rings. The predicted molar refractivity (Wildman–Crippen MR) is 102 cm³/mol. The van der Waals surface area contributed by atoms with Gasteiger partial charge in [-0.1, -0.05) is 27.5 Å². The Labute approximate surface area is 159 Å². The van der Waals surface area contributed by atoms with Crippen LogP contribution >= 0.6 is 27.5 Å². The highest BCUT2D eigenvalue weighted by Gasteiger charge is 2.16. The summed E-state index contributed by atoms with van der Waals surface area (Å²) in [5.41, 5.74) is 1.63. The standard InChI is InChI=1S/C18H18BrClN2O3/c1-11-9-13(19)3-8-16(11)22-17(23)10-21-18(24)12(2)25-15-6-4-14(20)5-7-15/h3-9,12H,10H2,1-2H3,(H,21,24)(H,22,23). The molecule has 2 rings (SSSR count). The average molecular weight is 426 g/mol. The van der Waals surface area contributed by atoms with Crippen molar-refractivity contribution in [2.75, 3.05) is 11.9 Å². The first-order chi connectivity index (χ1) is 11.8. The van der Waals surface area contributed by atoms with Crippen molar-refractivity contribution in [1.82, 2.24) is 5.32 Å². The number of ether oxygens (including phenoxy) is 1. The molecule has 0 fully saturated rings. The normalized spacial score (nSPS) is 11.5. The fraction of sp³-hybridized carbons (Fsp3) is 0.222. The number of rotatable bonds is 6. The van der Waals surface area contributed by atoms with Crippen LogP contribution in [0.3, 0.4) is 0 Å². The molecule has 0 aliphatic carbocycles. The smallest absolute Gasteiger partial charge is 0.261 e. The van der Waals surface area contributed by atoms with E-state index in [0.29, 0.717) is 16.5 Å². The molecule has 0 heterocycles. The Morgan fingerprint density at radius 3 is 2.52 bits per heavy atom. The number of anilines is 1. The number of nitrogens with one attached hydrogen (secondary N) is 2. The Balaban J connectivity index is 1.82. The highest BCUT2D eigenvalue weighted by atomic mass is 79.9. The minimum atomic E-state index is -0.733. The number of halogens is 2. The SMILES string of the molecule is Cc1cc(Br)ccc1NC(=O)CNC(=O)C(C)Oc1ccc(Cl)cc1. The molecule has 0 radical (unpaired) electrons. The Morgan fingerprint density at radius 2 is 1.88 bits per heavy atom. The molecule has 0 spiro atoms. The highest BCUT2D eigenvalue weighted by Crippen LogP contribution is 2.20. The second kappa shape index (κ2) is 8.87. The van der Waals surface area contributed by atoms with Crippen LogP contribution < -0.4 is 15.4 Å². The molecule has 2 aromatic carbocycles. The topological polar surface area (TPSA) is 67.4 Å². The number of benzene rings is 2. The maximum atomic E-state index is 12.0. The van der Waals surface area contributed by atoms with Gasteiger partial charge in [0.2, 0.25) is 5.91 Å². The molecule has 0 aliphatic heterocycles. The number of carbonyl (C=O) groups excluding carboxylic acids is 2. The van der Waals surface area contributed by atoms with Gasteiger partial charge >= 0.3 is 0 Å². The van der Waals surface area contributed by atoms with E-state index in [0.717, 1.165) is 10.0 Å². The molecular weight excluding hydrogens is 408 g/mol. The largest absolute Gasteiger partial charge is 0.481 e. The third-order valence-corrected chi connectivity index (χ3v) is 4.13. The first-order valence-electron chi connectivity index (χ1n) is 7.61. The Morgan fingerprint density at radius 1 is 1.20 bits per heavy atom. The third-order valence-electron chi connectivity index (χ3n) is 3.38. The van der Waals surface area contributed by atoms with Gasteiger partial charge in [-0.2, -0.15) is 0 Å². The molecule has 1 atom stereocenters. The first-order valence-corrected chi connectivity index (χ1v) is 8.78. The molecule has 2 aromatic rings. The number of amides is 2. The lowest BCUT2D eigenvalue weighted by atomic mass is 10.2. The molecule has 0 aromatic heterocycles. The van der Waals surface area contributed by atoms with Gasteiger partial charge in [-0.15, -0.1) is 0 Å². The van der Waals surface area contributed by atoms with Gasteiger partial charge in [0.1, 0.15) is 5.75 Å². The lowest BCUT2D eigenvalue weighted by molar-refractivity contribution is -0.129. The van der Waals surface area contributed by atoms with Crippen LogP contribution in [-0.2, 0) is 9.59 Å². The zero-order valence-electron chi connectivity index (χ0n) is 13.8. The first kappa shape index (κ1) is 19.3. The van der Waals surface area contributed by atoms with Gasteiger partial charge in [-0.05, 0) is 61.9 Å². The number of carbonyl (C=O) groups is 2. The zero-order chi connectivity index (χ0) is 18.4. The van der Waals surface area contributed by atoms with E-state index >= 15 is 0 Å². The lowest BCUT2D eigenvalue weighted by Crippen LogP contribution is -2.40. The summed E-state index contributed by atoms with van der Waals surface area (Å²) < 4.78 is 6.44. The fourth-order valence-corrected chi connectivity index (χ4v) is 2.65. The minimum absolute atomic E-state index is 0.136. The van der Waals surface area contributed by atoms with Crippen molar-refractivity contribution < 1.29 is 14.3 Å². The van der Waals surface area contributed by atoms with Crippen LogP contribution in [-0.4, -0.2) is 24.5 Å². The van der Waals surface area contributed by atoms with Crippen LogP contribution in [0.5, 0.6) is 5.75 Å². The fourth-order valence-electron chi connectivity index (χ4n) is 2.04. The van der Waals surface area contributed by atoms with Gasteiger partial charge in [-0.3, -0.25) is 9.59 Å². The van der Waals surface area contributed by atoms with Crippen LogP contribution in [0.4, 0.5) is 5.69 Å². The van der Waals surface area contributed by atoms with Crippen molar-refractivity contribution in [3.05, 3.63) is 57.5 Å². The monoisotopic (exact) mass is 424 g/mol. The molecule has 2 N–H and O–H groups in total. The summed E-state index contributed by atoms with van der Waals surface area (Å²) in [4.78, 5) is 24.0. The average Bonchev–Trinajstić information content (AvgIpc) is 2.57. The summed E-state index contributed by atoms with van der Waals surface area (Å²) in [6, 6.07) is 12.2. The van der Waals surface area contributed by atoms with Crippen molar-refractivity contribution >= 4 is 45.0 Å². The summed E-state index contributed by atoms with van der Waals surface area (Å²) in [5.74, 6) is -0.155. The molecule has 25 heavy (non-hydrogen) atoms. The Hall–Kier alpha value is -2.05. The van der Waals surface area contributed by atoms with Crippen LogP contribution in [0.15, 0.2) is 46.9 Å². The summed E-state index contributed by atoms with van der Waals surface area (Å²) in [7, 11) is 0. The van der Waals surface area contributed by atoms with Crippen molar-refractivity contribution in [2.24, 2.45) is 0 Å². The van der Waals surface area contributed by atoms with Crippen LogP contribution in [0.1, 0.15) is 12.5 Å². The second-order valence-corrected chi connectivity index (χ2v) is 6.79. The van der Waals surface area contributed by atoms with Crippen LogP contribution in [0.2, 0.25) is 5.02 Å². The van der Waals surface area contributed by atoms with Gasteiger partial charge in [0.15, 0.2) is 6.10 Å². The van der Waals surface area contributed by atoms with Crippen LogP contribution in [0, 0.1) is 6.92 Å². The molecule has 1 unspecified atom stereocenters. The van der Waals surface area contributed by atoms with E-state index in [2.05, 4.69) is 26.6 Å². The molecule has 132 valence electrons. The number of aryl methyl sites for hydroxylation is 1. The lowest BCUT2D eigenvalue weighted by Gasteiger charge is -2.15. The zero-order valence-corrected chi connectivity index (χ0v) is 16.1. The highest BCUT2D eigenvalue weighted by molar-refractivity contribution is 9.10. The van der Waals surface area contributed by atoms with Gasteiger partial charge in [-0.25, -0.2) is 0 Å². The quantitative estimate of drug-likeness (QED) is 0.737. The molecule has 0 bridgehead atoms. The molecule has 7 heteroatoms. The van der Waals surface area contributed by atoms with Gasteiger partial charge < -0.3 is 15.4 Å². The van der Waals surface area contributed by atoms with E-state index in [-0.39, 0.29) is 18.4 Å². The van der Waals surface area contributed by atoms with Crippen molar-refractivity contribution in [2.45, 2.75) is 20.0 Å². The summed E-state index contributed by atoms with van der Waals surface area (Å²) in [5, 5.41) is 5.90.